The van der Waals surface area contributed by atoms with E-state index in [2.05, 4.69) is 39.0 Å². The number of aryl methyl sites for hydroxylation is 1. The normalized spacial score (nSPS) is 11.3. The number of hydrogen-bond donors (Lipinski definition) is 0. The van der Waals surface area contributed by atoms with Gasteiger partial charge in [-0.25, -0.2) is 4.98 Å². The van der Waals surface area contributed by atoms with Crippen molar-refractivity contribution in [2.24, 2.45) is 5.92 Å². The number of rotatable bonds is 5. The van der Waals surface area contributed by atoms with E-state index in [1.165, 1.54) is 15.3 Å². The van der Waals surface area contributed by atoms with Crippen LogP contribution in [0.15, 0.2) is 36.4 Å². The Morgan fingerprint density at radius 1 is 1.22 bits per heavy atom. The summed E-state index contributed by atoms with van der Waals surface area (Å²) >= 11 is 1.77. The number of fused-ring (bicyclic) bond motifs is 1. The van der Waals surface area contributed by atoms with E-state index < -0.39 is 0 Å². The summed E-state index contributed by atoms with van der Waals surface area (Å²) in [6.07, 6.45) is 2.44. The third-order valence-electron chi connectivity index (χ3n) is 3.99. The Labute approximate surface area is 141 Å². The van der Waals surface area contributed by atoms with E-state index in [-0.39, 0.29) is 0 Å². The maximum atomic E-state index is 11.2. The average molecular weight is 323 g/mol. The van der Waals surface area contributed by atoms with Gasteiger partial charge in [0.2, 0.25) is 0 Å². The summed E-state index contributed by atoms with van der Waals surface area (Å²) in [5, 5.41) is 1.18. The second-order valence-corrected chi connectivity index (χ2v) is 7.42. The molecule has 0 aliphatic rings. The van der Waals surface area contributed by atoms with Gasteiger partial charge in [-0.15, -0.1) is 11.3 Å². The van der Waals surface area contributed by atoms with Gasteiger partial charge in [-0.1, -0.05) is 44.2 Å². The van der Waals surface area contributed by atoms with Crippen molar-refractivity contribution >= 4 is 27.8 Å². The molecule has 2 aromatic carbocycles. The fourth-order valence-electron chi connectivity index (χ4n) is 2.97. The molecule has 0 saturated carbocycles. The number of thiazole rings is 1. The van der Waals surface area contributed by atoms with E-state index in [0.29, 0.717) is 12.3 Å². The monoisotopic (exact) mass is 323 g/mol. The second kappa shape index (κ2) is 6.63. The van der Waals surface area contributed by atoms with Gasteiger partial charge in [0.15, 0.2) is 0 Å². The standard InChI is InChI=1S/C20H21NOS/c1-13(2)11-18-21-17-12-14(3)16(9-10-22)19(20(17)23-18)15-7-5-4-6-8-15/h4-8,10,12-13H,9,11H2,1-3H3. The van der Waals surface area contributed by atoms with Gasteiger partial charge in [0.1, 0.15) is 6.29 Å². The Balaban J connectivity index is 2.29. The zero-order chi connectivity index (χ0) is 16.4. The number of nitrogens with zero attached hydrogens (tertiary/aromatic N) is 1. The van der Waals surface area contributed by atoms with Crippen molar-refractivity contribution < 1.29 is 4.79 Å². The Kier molecular flexibility index (Phi) is 4.58. The Bertz CT molecular complexity index is 834. The summed E-state index contributed by atoms with van der Waals surface area (Å²) in [5.41, 5.74) is 5.66. The Morgan fingerprint density at radius 2 is 1.96 bits per heavy atom. The van der Waals surface area contributed by atoms with Crippen molar-refractivity contribution in [3.63, 3.8) is 0 Å². The average Bonchev–Trinajstić information content (AvgIpc) is 2.89. The molecule has 2 nitrogen and oxygen atoms in total. The van der Waals surface area contributed by atoms with Gasteiger partial charge in [0.25, 0.3) is 0 Å². The lowest BCUT2D eigenvalue weighted by molar-refractivity contribution is -0.107. The molecule has 0 bridgehead atoms. The highest BCUT2D eigenvalue weighted by atomic mass is 32.1. The molecule has 0 saturated heterocycles. The highest BCUT2D eigenvalue weighted by Crippen LogP contribution is 2.38. The zero-order valence-corrected chi connectivity index (χ0v) is 14.6. The maximum Gasteiger partial charge on any atom is 0.124 e. The number of carbonyl (C=O) groups is 1. The molecule has 0 fully saturated rings. The minimum atomic E-state index is 0.448. The van der Waals surface area contributed by atoms with Crippen LogP contribution in [0.3, 0.4) is 0 Å². The fraction of sp³-hybridized carbons (Fsp3) is 0.300. The zero-order valence-electron chi connectivity index (χ0n) is 13.8. The molecule has 0 spiro atoms. The Morgan fingerprint density at radius 3 is 2.61 bits per heavy atom. The Hall–Kier alpha value is -2.00. The van der Waals surface area contributed by atoms with Gasteiger partial charge in [0, 0.05) is 18.4 Å². The molecule has 118 valence electrons. The molecule has 0 unspecified atom stereocenters. The third-order valence-corrected chi connectivity index (χ3v) is 5.10. The van der Waals surface area contributed by atoms with Crippen LogP contribution in [0.5, 0.6) is 0 Å². The molecule has 3 heteroatoms. The van der Waals surface area contributed by atoms with Crippen LogP contribution in [0.25, 0.3) is 21.3 Å². The smallest absolute Gasteiger partial charge is 0.124 e. The fourth-order valence-corrected chi connectivity index (χ4v) is 4.32. The second-order valence-electron chi connectivity index (χ2n) is 6.34. The first kappa shape index (κ1) is 15.9. The van der Waals surface area contributed by atoms with Crippen molar-refractivity contribution in [1.29, 1.82) is 0 Å². The highest BCUT2D eigenvalue weighted by Gasteiger charge is 2.17. The number of carbonyl (C=O) groups excluding carboxylic acids is 1. The van der Waals surface area contributed by atoms with E-state index in [1.54, 1.807) is 11.3 Å². The molecule has 0 radical (unpaired) electrons. The van der Waals surface area contributed by atoms with Gasteiger partial charge >= 0.3 is 0 Å². The summed E-state index contributed by atoms with van der Waals surface area (Å²) in [4.78, 5) is 16.0. The molecule has 0 aliphatic heterocycles. The molecular weight excluding hydrogens is 302 g/mol. The van der Waals surface area contributed by atoms with Crippen LogP contribution in [0, 0.1) is 12.8 Å². The van der Waals surface area contributed by atoms with Crippen molar-refractivity contribution in [2.45, 2.75) is 33.6 Å². The third kappa shape index (κ3) is 3.20. The van der Waals surface area contributed by atoms with Gasteiger partial charge in [-0.2, -0.15) is 0 Å². The quantitative estimate of drug-likeness (QED) is 0.603. The van der Waals surface area contributed by atoms with E-state index in [4.69, 9.17) is 4.98 Å². The van der Waals surface area contributed by atoms with E-state index in [0.717, 1.165) is 34.9 Å². The molecule has 3 rings (SSSR count). The highest BCUT2D eigenvalue weighted by molar-refractivity contribution is 7.19. The van der Waals surface area contributed by atoms with E-state index in [1.807, 2.05) is 18.2 Å². The van der Waals surface area contributed by atoms with Crippen LogP contribution >= 0.6 is 11.3 Å². The van der Waals surface area contributed by atoms with Crippen LogP contribution < -0.4 is 0 Å². The van der Waals surface area contributed by atoms with Crippen LogP contribution in [0.1, 0.15) is 30.0 Å². The maximum absolute atomic E-state index is 11.2. The molecule has 3 aromatic rings. The van der Waals surface area contributed by atoms with Gasteiger partial charge < -0.3 is 4.79 Å². The first-order valence-corrected chi connectivity index (χ1v) is 8.82. The largest absolute Gasteiger partial charge is 0.303 e. The molecule has 23 heavy (non-hydrogen) atoms. The summed E-state index contributed by atoms with van der Waals surface area (Å²) in [7, 11) is 0. The summed E-state index contributed by atoms with van der Waals surface area (Å²) in [6.45, 7) is 6.51. The van der Waals surface area contributed by atoms with Gasteiger partial charge in [-0.3, -0.25) is 0 Å². The number of hydrogen-bond acceptors (Lipinski definition) is 3. The molecule has 1 heterocycles. The van der Waals surface area contributed by atoms with Crippen molar-refractivity contribution in [2.75, 3.05) is 0 Å². The number of benzene rings is 2. The number of aromatic nitrogens is 1. The minimum absolute atomic E-state index is 0.448. The van der Waals surface area contributed by atoms with Crippen LogP contribution in [-0.4, -0.2) is 11.3 Å². The van der Waals surface area contributed by atoms with Crippen molar-refractivity contribution in [3.8, 4) is 11.1 Å². The summed E-state index contributed by atoms with van der Waals surface area (Å²) in [6, 6.07) is 12.5. The van der Waals surface area contributed by atoms with Crippen LogP contribution in [0.4, 0.5) is 0 Å². The molecule has 0 aliphatic carbocycles. The van der Waals surface area contributed by atoms with Gasteiger partial charge in [0.05, 0.1) is 15.2 Å². The summed E-state index contributed by atoms with van der Waals surface area (Å²) < 4.78 is 1.20. The predicted molar refractivity (Wildman–Crippen MR) is 98.1 cm³/mol. The van der Waals surface area contributed by atoms with Crippen LogP contribution in [0.2, 0.25) is 0 Å². The topological polar surface area (TPSA) is 30.0 Å². The molecule has 0 amide bonds. The predicted octanol–water partition coefficient (Wildman–Crippen LogP) is 5.21. The van der Waals surface area contributed by atoms with Crippen molar-refractivity contribution in [1.82, 2.24) is 4.98 Å². The molecular formula is C20H21NOS. The van der Waals surface area contributed by atoms with E-state index >= 15 is 0 Å². The molecule has 0 N–H and O–H groups in total. The van der Waals surface area contributed by atoms with Crippen molar-refractivity contribution in [3.05, 3.63) is 52.5 Å². The minimum Gasteiger partial charge on any atom is -0.303 e. The SMILES string of the molecule is Cc1cc2nc(CC(C)C)sc2c(-c2ccccc2)c1CC=O. The first-order valence-electron chi connectivity index (χ1n) is 8.01. The lowest BCUT2D eigenvalue weighted by Gasteiger charge is -2.12. The van der Waals surface area contributed by atoms with E-state index in [9.17, 15) is 4.79 Å². The van der Waals surface area contributed by atoms with Gasteiger partial charge in [-0.05, 0) is 35.6 Å². The lowest BCUT2D eigenvalue weighted by atomic mass is 9.93. The van der Waals surface area contributed by atoms with Crippen LogP contribution in [-0.2, 0) is 17.6 Å². The first-order chi connectivity index (χ1) is 11.1. The molecule has 1 aromatic heterocycles. The lowest BCUT2D eigenvalue weighted by Crippen LogP contribution is -1.96. The summed E-state index contributed by atoms with van der Waals surface area (Å²) in [5.74, 6) is 0.589. The number of aldehydes is 1. The molecule has 0 atom stereocenters.